The number of piperidine rings is 1. The molecule has 0 aliphatic carbocycles. The maximum atomic E-state index is 13.0. The van der Waals surface area contributed by atoms with Gasteiger partial charge < -0.3 is 21.1 Å². The van der Waals surface area contributed by atoms with Gasteiger partial charge in [-0.25, -0.2) is 14.6 Å². The maximum absolute atomic E-state index is 13.0. The van der Waals surface area contributed by atoms with Crippen molar-refractivity contribution in [2.24, 2.45) is 0 Å². The Bertz CT molecular complexity index is 1380. The molecule has 0 radical (unpaired) electrons. The number of aromatic nitrogens is 4. The number of benzene rings is 1. The van der Waals surface area contributed by atoms with Crippen LogP contribution in [-0.4, -0.2) is 49.9 Å². The van der Waals surface area contributed by atoms with E-state index in [1.807, 2.05) is 6.07 Å². The zero-order valence-corrected chi connectivity index (χ0v) is 18.3. The summed E-state index contributed by atoms with van der Waals surface area (Å²) >= 11 is 0. The molecule has 4 aromatic rings. The zero-order chi connectivity index (χ0) is 23.7. The second kappa shape index (κ2) is 8.81. The van der Waals surface area contributed by atoms with E-state index in [9.17, 15) is 14.7 Å². The molecule has 0 unspecified atom stereocenters. The first-order valence-corrected chi connectivity index (χ1v) is 11.0. The Morgan fingerprint density at radius 1 is 0.971 bits per heavy atom. The SMILES string of the molecule is Nc1cncc(-c2ccc3c(c2)c(C(=O)O)nn3C(=O)Nc2ccc(N3CCCCC3)nc2)c1. The molecule has 10 heteroatoms. The normalized spacial score (nSPS) is 13.7. The molecule has 0 atom stereocenters. The molecule has 1 fully saturated rings. The third kappa shape index (κ3) is 4.13. The van der Waals surface area contributed by atoms with Gasteiger partial charge >= 0.3 is 12.0 Å². The van der Waals surface area contributed by atoms with E-state index in [1.54, 1.807) is 42.7 Å². The fraction of sp³-hybridized carbons (Fsp3) is 0.208. The van der Waals surface area contributed by atoms with E-state index in [-0.39, 0.29) is 5.69 Å². The quantitative estimate of drug-likeness (QED) is 0.420. The number of carbonyl (C=O) groups excluding carboxylic acids is 1. The van der Waals surface area contributed by atoms with E-state index in [0.29, 0.717) is 27.8 Å². The molecular formula is C24H23N7O3. The first-order chi connectivity index (χ1) is 16.5. The average molecular weight is 457 g/mol. The van der Waals surface area contributed by atoms with Crippen molar-refractivity contribution in [3.8, 4) is 11.1 Å². The summed E-state index contributed by atoms with van der Waals surface area (Å²) in [4.78, 5) is 35.6. The monoisotopic (exact) mass is 457 g/mol. The third-order valence-corrected chi connectivity index (χ3v) is 5.85. The van der Waals surface area contributed by atoms with Gasteiger partial charge in [-0.15, -0.1) is 0 Å². The van der Waals surface area contributed by atoms with Crippen molar-refractivity contribution in [2.45, 2.75) is 19.3 Å². The number of carbonyl (C=O) groups is 2. The van der Waals surface area contributed by atoms with Crippen molar-refractivity contribution in [3.05, 3.63) is 60.7 Å². The summed E-state index contributed by atoms with van der Waals surface area (Å²) in [7, 11) is 0. The standard InChI is InChI=1S/C24H23N7O3/c25-17-10-16(12-26-13-17)15-4-6-20-19(11-15)22(23(32)33)29-31(20)24(34)28-18-5-7-21(27-14-18)30-8-2-1-3-9-30/h4-7,10-14H,1-3,8-9,25H2,(H,28,34)(H,32,33). The van der Waals surface area contributed by atoms with E-state index >= 15 is 0 Å². The number of carboxylic acid groups (broad SMARTS) is 1. The number of aromatic carboxylic acids is 1. The van der Waals surface area contributed by atoms with E-state index in [4.69, 9.17) is 5.73 Å². The lowest BCUT2D eigenvalue weighted by atomic mass is 10.0. The molecule has 3 aromatic heterocycles. The van der Waals surface area contributed by atoms with Gasteiger partial charge in [0.2, 0.25) is 0 Å². The predicted octanol–water partition coefficient (Wildman–Crippen LogP) is 3.84. The number of rotatable bonds is 4. The van der Waals surface area contributed by atoms with Gasteiger partial charge in [-0.2, -0.15) is 9.78 Å². The van der Waals surface area contributed by atoms with Gasteiger partial charge in [0, 0.05) is 36.4 Å². The number of nitrogens with two attached hydrogens (primary N) is 1. The molecule has 1 aromatic carbocycles. The Morgan fingerprint density at radius 3 is 2.50 bits per heavy atom. The van der Waals surface area contributed by atoms with Crippen molar-refractivity contribution in [2.75, 3.05) is 29.0 Å². The minimum atomic E-state index is -1.23. The summed E-state index contributed by atoms with van der Waals surface area (Å²) in [5, 5.41) is 16.8. The number of anilines is 3. The minimum Gasteiger partial charge on any atom is -0.476 e. The number of nitrogens with zero attached hydrogens (tertiary/aromatic N) is 5. The summed E-state index contributed by atoms with van der Waals surface area (Å²) in [5.74, 6) is -0.356. The highest BCUT2D eigenvalue weighted by molar-refractivity contribution is 6.06. The molecule has 0 spiro atoms. The van der Waals surface area contributed by atoms with Crippen LogP contribution in [0.1, 0.15) is 29.8 Å². The maximum Gasteiger partial charge on any atom is 0.357 e. The highest BCUT2D eigenvalue weighted by Crippen LogP contribution is 2.28. The fourth-order valence-corrected chi connectivity index (χ4v) is 4.17. The third-order valence-electron chi connectivity index (χ3n) is 5.85. The number of hydrogen-bond donors (Lipinski definition) is 3. The Kier molecular flexibility index (Phi) is 5.54. The average Bonchev–Trinajstić information content (AvgIpc) is 3.24. The summed E-state index contributed by atoms with van der Waals surface area (Å²) in [6, 6.07) is 9.91. The van der Waals surface area contributed by atoms with Crippen LogP contribution in [-0.2, 0) is 0 Å². The number of amides is 1. The number of pyridine rings is 2. The van der Waals surface area contributed by atoms with Crippen LogP contribution in [0.4, 0.5) is 22.0 Å². The van der Waals surface area contributed by atoms with Gasteiger partial charge in [0.1, 0.15) is 5.82 Å². The highest BCUT2D eigenvalue weighted by atomic mass is 16.4. The topological polar surface area (TPSA) is 139 Å². The van der Waals surface area contributed by atoms with Gasteiger partial charge in [0.25, 0.3) is 0 Å². The van der Waals surface area contributed by atoms with Crippen molar-refractivity contribution < 1.29 is 14.7 Å². The van der Waals surface area contributed by atoms with E-state index in [0.717, 1.165) is 42.0 Å². The van der Waals surface area contributed by atoms with E-state index in [1.165, 1.54) is 12.6 Å². The molecule has 1 amide bonds. The Balaban J connectivity index is 1.43. The van der Waals surface area contributed by atoms with Crippen molar-refractivity contribution in [1.29, 1.82) is 0 Å². The summed E-state index contributed by atoms with van der Waals surface area (Å²) < 4.78 is 1.05. The summed E-state index contributed by atoms with van der Waals surface area (Å²) in [6.07, 6.45) is 8.29. The first-order valence-electron chi connectivity index (χ1n) is 11.0. The number of nitrogens with one attached hydrogen (secondary N) is 1. The lowest BCUT2D eigenvalue weighted by Crippen LogP contribution is -2.30. The number of hydrogen-bond acceptors (Lipinski definition) is 7. The smallest absolute Gasteiger partial charge is 0.357 e. The molecule has 4 heterocycles. The number of fused-ring (bicyclic) bond motifs is 1. The zero-order valence-electron chi connectivity index (χ0n) is 18.3. The predicted molar refractivity (Wildman–Crippen MR) is 129 cm³/mol. The Morgan fingerprint density at radius 2 is 1.79 bits per heavy atom. The molecule has 5 rings (SSSR count). The number of nitrogen functional groups attached to an aromatic ring is 1. The second-order valence-corrected chi connectivity index (χ2v) is 8.19. The Hall–Kier alpha value is -4.47. The van der Waals surface area contributed by atoms with Crippen LogP contribution in [0, 0.1) is 0 Å². The fourth-order valence-electron chi connectivity index (χ4n) is 4.17. The van der Waals surface area contributed by atoms with Crippen LogP contribution >= 0.6 is 0 Å². The summed E-state index contributed by atoms with van der Waals surface area (Å²) in [6.45, 7) is 1.95. The van der Waals surface area contributed by atoms with E-state index < -0.39 is 12.0 Å². The highest BCUT2D eigenvalue weighted by Gasteiger charge is 2.21. The molecular weight excluding hydrogens is 434 g/mol. The Labute approximate surface area is 195 Å². The largest absolute Gasteiger partial charge is 0.476 e. The van der Waals surface area contributed by atoms with Crippen LogP contribution in [0.5, 0.6) is 0 Å². The van der Waals surface area contributed by atoms with Crippen LogP contribution in [0.25, 0.3) is 22.0 Å². The lowest BCUT2D eigenvalue weighted by Gasteiger charge is -2.27. The number of carboxylic acids is 1. The molecule has 4 N–H and O–H groups in total. The van der Waals surface area contributed by atoms with Gasteiger partial charge in [0.05, 0.1) is 23.1 Å². The van der Waals surface area contributed by atoms with Crippen molar-refractivity contribution >= 4 is 40.1 Å². The van der Waals surface area contributed by atoms with Crippen LogP contribution in [0.15, 0.2) is 55.0 Å². The van der Waals surface area contributed by atoms with Gasteiger partial charge in [-0.05, 0) is 55.2 Å². The molecule has 0 bridgehead atoms. The molecule has 10 nitrogen and oxygen atoms in total. The van der Waals surface area contributed by atoms with Gasteiger partial charge in [0.15, 0.2) is 5.69 Å². The molecule has 0 saturated carbocycles. The van der Waals surface area contributed by atoms with Crippen LogP contribution < -0.4 is 16.0 Å². The molecule has 1 aliphatic rings. The second-order valence-electron chi connectivity index (χ2n) is 8.19. The molecule has 1 aliphatic heterocycles. The van der Waals surface area contributed by atoms with Crippen LogP contribution in [0.3, 0.4) is 0 Å². The van der Waals surface area contributed by atoms with Crippen molar-refractivity contribution in [1.82, 2.24) is 19.7 Å². The minimum absolute atomic E-state index is 0.220. The first kappa shape index (κ1) is 21.4. The van der Waals surface area contributed by atoms with Crippen molar-refractivity contribution in [3.63, 3.8) is 0 Å². The molecule has 34 heavy (non-hydrogen) atoms. The molecule has 172 valence electrons. The lowest BCUT2D eigenvalue weighted by molar-refractivity contribution is 0.0692. The van der Waals surface area contributed by atoms with Gasteiger partial charge in [-0.1, -0.05) is 6.07 Å². The van der Waals surface area contributed by atoms with Crippen LogP contribution in [0.2, 0.25) is 0 Å². The van der Waals surface area contributed by atoms with E-state index in [2.05, 4.69) is 25.3 Å². The summed E-state index contributed by atoms with van der Waals surface area (Å²) in [5.41, 5.74) is 8.40. The molecule has 1 saturated heterocycles. The van der Waals surface area contributed by atoms with Gasteiger partial charge in [-0.3, -0.25) is 4.98 Å².